The third-order valence-corrected chi connectivity index (χ3v) is 4.64. The fraction of sp³-hybridized carbons (Fsp3) is 1.00. The lowest BCUT2D eigenvalue weighted by molar-refractivity contribution is 0.0243. The van der Waals surface area contributed by atoms with Crippen molar-refractivity contribution < 1.29 is 5.11 Å². The third kappa shape index (κ3) is 3.69. The van der Waals surface area contributed by atoms with Crippen molar-refractivity contribution in [3.8, 4) is 0 Å². The van der Waals surface area contributed by atoms with Gasteiger partial charge in [-0.15, -0.1) is 0 Å². The Hall–Kier alpha value is -0.0800. The second-order valence-corrected chi connectivity index (χ2v) is 7.16. The van der Waals surface area contributed by atoms with Crippen LogP contribution in [-0.4, -0.2) is 23.8 Å². The quantitative estimate of drug-likeness (QED) is 0.747. The summed E-state index contributed by atoms with van der Waals surface area (Å²) < 4.78 is 0. The van der Waals surface area contributed by atoms with Gasteiger partial charge in [0.2, 0.25) is 0 Å². The summed E-state index contributed by atoms with van der Waals surface area (Å²) in [5, 5.41) is 13.8. The summed E-state index contributed by atoms with van der Waals surface area (Å²) in [5.74, 6) is 3.37. The maximum atomic E-state index is 10.5. The van der Waals surface area contributed by atoms with Gasteiger partial charge in [-0.2, -0.15) is 0 Å². The van der Waals surface area contributed by atoms with E-state index in [1.54, 1.807) is 0 Å². The fourth-order valence-corrected chi connectivity index (χ4v) is 3.89. The van der Waals surface area contributed by atoms with Crippen LogP contribution in [0.3, 0.4) is 0 Å². The van der Waals surface area contributed by atoms with E-state index in [1.165, 1.54) is 25.7 Å². The maximum absolute atomic E-state index is 10.5. The van der Waals surface area contributed by atoms with Crippen LogP contribution in [0.5, 0.6) is 0 Å². The SMILES string of the molecule is CC(C)CNCC(C)(O)CC1CC2CCC1C2. The van der Waals surface area contributed by atoms with Gasteiger partial charge >= 0.3 is 0 Å². The van der Waals surface area contributed by atoms with Crippen molar-refractivity contribution in [2.45, 2.75) is 58.5 Å². The van der Waals surface area contributed by atoms with Crippen molar-refractivity contribution in [2.75, 3.05) is 13.1 Å². The standard InChI is InChI=1S/C15H29NO/c1-11(2)9-16-10-15(3,17)8-14-7-12-4-5-13(14)6-12/h11-14,16-17H,4-10H2,1-3H3. The molecule has 0 aromatic carbocycles. The molecule has 2 aliphatic carbocycles. The van der Waals surface area contributed by atoms with E-state index in [1.807, 2.05) is 6.92 Å². The molecule has 0 saturated heterocycles. The van der Waals surface area contributed by atoms with Gasteiger partial charge in [0, 0.05) is 6.54 Å². The van der Waals surface area contributed by atoms with Crippen LogP contribution in [0, 0.1) is 23.7 Å². The van der Waals surface area contributed by atoms with E-state index in [4.69, 9.17) is 0 Å². The van der Waals surface area contributed by atoms with E-state index in [-0.39, 0.29) is 0 Å². The summed E-state index contributed by atoms with van der Waals surface area (Å²) >= 11 is 0. The Morgan fingerprint density at radius 2 is 2.06 bits per heavy atom. The Kier molecular flexibility index (Phi) is 4.14. The zero-order valence-electron chi connectivity index (χ0n) is 11.7. The maximum Gasteiger partial charge on any atom is 0.0746 e. The first-order valence-electron chi connectivity index (χ1n) is 7.39. The van der Waals surface area contributed by atoms with Crippen LogP contribution in [0.25, 0.3) is 0 Å². The summed E-state index contributed by atoms with van der Waals surface area (Å²) in [6, 6.07) is 0. The van der Waals surface area contributed by atoms with Crippen LogP contribution in [-0.2, 0) is 0 Å². The highest BCUT2D eigenvalue weighted by atomic mass is 16.3. The second kappa shape index (κ2) is 5.27. The molecule has 0 spiro atoms. The Labute approximate surface area is 106 Å². The minimum atomic E-state index is -0.510. The van der Waals surface area contributed by atoms with Gasteiger partial charge in [-0.05, 0) is 62.8 Å². The summed E-state index contributed by atoms with van der Waals surface area (Å²) in [5.41, 5.74) is -0.510. The monoisotopic (exact) mass is 239 g/mol. The van der Waals surface area contributed by atoms with Crippen molar-refractivity contribution in [3.63, 3.8) is 0 Å². The molecule has 2 fully saturated rings. The number of hydrogen-bond acceptors (Lipinski definition) is 2. The van der Waals surface area contributed by atoms with Crippen LogP contribution in [0.4, 0.5) is 0 Å². The Balaban J connectivity index is 1.73. The van der Waals surface area contributed by atoms with Crippen LogP contribution < -0.4 is 5.32 Å². The molecule has 0 aromatic heterocycles. The van der Waals surface area contributed by atoms with Crippen molar-refractivity contribution in [1.82, 2.24) is 5.32 Å². The minimum absolute atomic E-state index is 0.510. The lowest BCUT2D eigenvalue weighted by Gasteiger charge is -2.31. The van der Waals surface area contributed by atoms with E-state index in [0.717, 1.165) is 37.3 Å². The van der Waals surface area contributed by atoms with E-state index >= 15 is 0 Å². The van der Waals surface area contributed by atoms with E-state index in [9.17, 15) is 5.11 Å². The molecule has 2 N–H and O–H groups in total. The molecule has 0 aromatic rings. The number of hydrogen-bond donors (Lipinski definition) is 2. The van der Waals surface area contributed by atoms with Gasteiger partial charge in [-0.1, -0.05) is 20.3 Å². The first-order chi connectivity index (χ1) is 7.96. The predicted molar refractivity (Wildman–Crippen MR) is 71.9 cm³/mol. The number of rotatable bonds is 6. The molecule has 17 heavy (non-hydrogen) atoms. The first kappa shape index (κ1) is 13.4. The van der Waals surface area contributed by atoms with Crippen molar-refractivity contribution in [3.05, 3.63) is 0 Å². The second-order valence-electron chi connectivity index (χ2n) is 7.16. The average Bonchev–Trinajstić information content (AvgIpc) is 2.76. The molecule has 0 heterocycles. The van der Waals surface area contributed by atoms with Crippen LogP contribution in [0.1, 0.15) is 52.9 Å². The molecule has 2 heteroatoms. The lowest BCUT2D eigenvalue weighted by atomic mass is 9.81. The lowest BCUT2D eigenvalue weighted by Crippen LogP contribution is -2.41. The van der Waals surface area contributed by atoms with E-state index in [0.29, 0.717) is 5.92 Å². The van der Waals surface area contributed by atoms with Gasteiger partial charge in [-0.3, -0.25) is 0 Å². The molecule has 0 aliphatic heterocycles. The smallest absolute Gasteiger partial charge is 0.0746 e. The summed E-state index contributed by atoms with van der Waals surface area (Å²) in [4.78, 5) is 0. The molecule has 2 saturated carbocycles. The Morgan fingerprint density at radius 3 is 2.59 bits per heavy atom. The summed E-state index contributed by atoms with van der Waals surface area (Å²) in [7, 11) is 0. The van der Waals surface area contributed by atoms with Crippen LogP contribution >= 0.6 is 0 Å². The first-order valence-corrected chi connectivity index (χ1v) is 7.39. The molecule has 0 radical (unpaired) electrons. The normalized spacial score (nSPS) is 35.5. The molecule has 2 bridgehead atoms. The Morgan fingerprint density at radius 1 is 1.29 bits per heavy atom. The van der Waals surface area contributed by atoms with Gasteiger partial charge in [0.25, 0.3) is 0 Å². The highest BCUT2D eigenvalue weighted by Gasteiger charge is 2.41. The molecule has 100 valence electrons. The molecular weight excluding hydrogens is 210 g/mol. The summed E-state index contributed by atoms with van der Waals surface area (Å²) in [6.07, 6.45) is 6.70. The van der Waals surface area contributed by atoms with Crippen molar-refractivity contribution >= 4 is 0 Å². The average molecular weight is 239 g/mol. The van der Waals surface area contributed by atoms with Crippen LogP contribution in [0.15, 0.2) is 0 Å². The Bertz CT molecular complexity index is 249. The topological polar surface area (TPSA) is 32.3 Å². The van der Waals surface area contributed by atoms with Crippen molar-refractivity contribution in [2.24, 2.45) is 23.7 Å². The number of aliphatic hydroxyl groups is 1. The van der Waals surface area contributed by atoms with Gasteiger partial charge in [0.05, 0.1) is 5.60 Å². The number of nitrogens with one attached hydrogen (secondary N) is 1. The number of fused-ring (bicyclic) bond motifs is 2. The molecule has 4 atom stereocenters. The fourth-order valence-electron chi connectivity index (χ4n) is 3.89. The zero-order chi connectivity index (χ0) is 12.5. The molecule has 2 rings (SSSR count). The van der Waals surface area contributed by atoms with E-state index < -0.39 is 5.60 Å². The van der Waals surface area contributed by atoms with Gasteiger partial charge in [0.1, 0.15) is 0 Å². The van der Waals surface area contributed by atoms with Gasteiger partial charge < -0.3 is 10.4 Å². The largest absolute Gasteiger partial charge is 0.389 e. The van der Waals surface area contributed by atoms with Gasteiger partial charge in [-0.25, -0.2) is 0 Å². The zero-order valence-corrected chi connectivity index (χ0v) is 11.7. The summed E-state index contributed by atoms with van der Waals surface area (Å²) in [6.45, 7) is 8.17. The van der Waals surface area contributed by atoms with Crippen LogP contribution in [0.2, 0.25) is 0 Å². The molecular formula is C15H29NO. The molecule has 2 nitrogen and oxygen atoms in total. The molecule has 2 aliphatic rings. The minimum Gasteiger partial charge on any atom is -0.389 e. The predicted octanol–water partition coefficient (Wildman–Crippen LogP) is 2.81. The highest BCUT2D eigenvalue weighted by molar-refractivity contribution is 4.93. The third-order valence-electron chi connectivity index (χ3n) is 4.64. The van der Waals surface area contributed by atoms with E-state index in [2.05, 4.69) is 19.2 Å². The molecule has 0 amide bonds. The van der Waals surface area contributed by atoms with Gasteiger partial charge in [0.15, 0.2) is 0 Å². The van der Waals surface area contributed by atoms with Crippen molar-refractivity contribution in [1.29, 1.82) is 0 Å². The molecule has 4 unspecified atom stereocenters. The highest BCUT2D eigenvalue weighted by Crippen LogP contribution is 2.50.